The first-order valence-corrected chi connectivity index (χ1v) is 11.1. The highest BCUT2D eigenvalue weighted by Gasteiger charge is 2.14. The second-order valence-electron chi connectivity index (χ2n) is 6.47. The van der Waals surface area contributed by atoms with Gasteiger partial charge in [0.1, 0.15) is 5.82 Å². The fourth-order valence-electron chi connectivity index (χ4n) is 2.69. The molecule has 0 bridgehead atoms. The number of amides is 1. The van der Waals surface area contributed by atoms with Gasteiger partial charge in [0.25, 0.3) is 0 Å². The first kappa shape index (κ1) is 22.7. The Morgan fingerprint density at radius 3 is 2.89 bits per heavy atom. The zero-order valence-electron chi connectivity index (χ0n) is 16.6. The normalized spacial score (nSPS) is 11.0. The third-order valence-electron chi connectivity index (χ3n) is 4.18. The Labute approximate surface area is 176 Å². The molecule has 0 atom stereocenters. The van der Waals surface area contributed by atoms with Crippen LogP contribution in [0.2, 0.25) is 5.02 Å². The summed E-state index contributed by atoms with van der Waals surface area (Å²) < 4.78 is 7.02. The maximum absolute atomic E-state index is 11.8. The van der Waals surface area contributed by atoms with Gasteiger partial charge in [0.2, 0.25) is 5.91 Å². The van der Waals surface area contributed by atoms with Crippen molar-refractivity contribution >= 4 is 29.3 Å². The molecule has 0 unspecified atom stereocenters. The van der Waals surface area contributed by atoms with Gasteiger partial charge in [0, 0.05) is 37.3 Å². The van der Waals surface area contributed by atoms with Crippen LogP contribution in [0, 0.1) is 0 Å². The van der Waals surface area contributed by atoms with E-state index in [1.807, 2.05) is 24.3 Å². The van der Waals surface area contributed by atoms with Gasteiger partial charge in [0.15, 0.2) is 5.16 Å². The van der Waals surface area contributed by atoms with Crippen LogP contribution in [0.5, 0.6) is 0 Å². The molecule has 2 aromatic rings. The standard InChI is InChI=1S/C20H29ClN4O2S/c1-3-4-14-28-20-24-23-18(25(20)17-9-7-8-16(21)15-17)10-5-6-11-19(26)22-12-13-27-2/h7-9,15H,3-6,10-14H2,1-2H3,(H,22,26). The predicted octanol–water partition coefficient (Wildman–Crippen LogP) is 4.29. The first-order valence-electron chi connectivity index (χ1n) is 9.74. The van der Waals surface area contributed by atoms with Gasteiger partial charge in [-0.15, -0.1) is 10.2 Å². The highest BCUT2D eigenvalue weighted by molar-refractivity contribution is 7.99. The molecule has 0 aliphatic carbocycles. The van der Waals surface area contributed by atoms with Crippen LogP contribution in [0.3, 0.4) is 0 Å². The molecule has 0 fully saturated rings. The van der Waals surface area contributed by atoms with Gasteiger partial charge in [-0.25, -0.2) is 0 Å². The zero-order chi connectivity index (χ0) is 20.2. The number of nitrogens with one attached hydrogen (secondary N) is 1. The molecule has 0 aliphatic rings. The summed E-state index contributed by atoms with van der Waals surface area (Å²) in [6.45, 7) is 3.27. The molecule has 0 saturated heterocycles. The van der Waals surface area contributed by atoms with Crippen molar-refractivity contribution in [3.8, 4) is 5.69 Å². The fraction of sp³-hybridized carbons (Fsp3) is 0.550. The number of nitrogens with zero attached hydrogens (tertiary/aromatic N) is 3. The Hall–Kier alpha value is -1.57. The number of benzene rings is 1. The van der Waals surface area contributed by atoms with Gasteiger partial charge in [0.05, 0.1) is 12.3 Å². The lowest BCUT2D eigenvalue weighted by molar-refractivity contribution is -0.121. The monoisotopic (exact) mass is 424 g/mol. The summed E-state index contributed by atoms with van der Waals surface area (Å²) in [6.07, 6.45) is 5.24. The molecule has 1 aromatic carbocycles. The summed E-state index contributed by atoms with van der Waals surface area (Å²) in [7, 11) is 1.62. The number of rotatable bonds is 13. The Morgan fingerprint density at radius 1 is 1.29 bits per heavy atom. The van der Waals surface area contributed by atoms with E-state index >= 15 is 0 Å². The second kappa shape index (κ2) is 12.8. The van der Waals surface area contributed by atoms with E-state index in [1.165, 1.54) is 0 Å². The first-order chi connectivity index (χ1) is 13.7. The fourth-order valence-corrected chi connectivity index (χ4v) is 3.93. The van der Waals surface area contributed by atoms with Gasteiger partial charge < -0.3 is 10.1 Å². The van der Waals surface area contributed by atoms with Crippen molar-refractivity contribution in [1.82, 2.24) is 20.1 Å². The molecule has 0 aliphatic heterocycles. The predicted molar refractivity (Wildman–Crippen MR) is 114 cm³/mol. The van der Waals surface area contributed by atoms with Crippen molar-refractivity contribution in [2.75, 3.05) is 26.0 Å². The molecular formula is C20H29ClN4O2S. The third kappa shape index (κ3) is 7.45. The van der Waals surface area contributed by atoms with Crippen LogP contribution in [-0.2, 0) is 16.0 Å². The van der Waals surface area contributed by atoms with Crippen molar-refractivity contribution in [3.05, 3.63) is 35.1 Å². The van der Waals surface area contributed by atoms with Crippen molar-refractivity contribution < 1.29 is 9.53 Å². The highest BCUT2D eigenvalue weighted by atomic mass is 35.5. The number of halogens is 1. The van der Waals surface area contributed by atoms with Crippen molar-refractivity contribution in [1.29, 1.82) is 0 Å². The molecule has 0 radical (unpaired) electrons. The van der Waals surface area contributed by atoms with Crippen LogP contribution >= 0.6 is 23.4 Å². The van der Waals surface area contributed by atoms with Crippen molar-refractivity contribution in [2.45, 2.75) is 50.6 Å². The average molecular weight is 425 g/mol. The summed E-state index contributed by atoms with van der Waals surface area (Å²) in [4.78, 5) is 11.8. The minimum atomic E-state index is 0.0594. The topological polar surface area (TPSA) is 69.0 Å². The van der Waals surface area contributed by atoms with Crippen LogP contribution in [0.4, 0.5) is 0 Å². The van der Waals surface area contributed by atoms with Crippen LogP contribution in [0.25, 0.3) is 5.69 Å². The smallest absolute Gasteiger partial charge is 0.220 e. The van der Waals surface area contributed by atoms with Gasteiger partial charge >= 0.3 is 0 Å². The van der Waals surface area contributed by atoms with E-state index in [4.69, 9.17) is 16.3 Å². The van der Waals surface area contributed by atoms with E-state index in [0.29, 0.717) is 24.6 Å². The van der Waals surface area contributed by atoms with Gasteiger partial charge in [-0.3, -0.25) is 9.36 Å². The number of aryl methyl sites for hydroxylation is 1. The Bertz CT molecular complexity index is 739. The molecule has 1 heterocycles. The van der Waals surface area contributed by atoms with Crippen LogP contribution in [0.15, 0.2) is 29.4 Å². The zero-order valence-corrected chi connectivity index (χ0v) is 18.2. The number of ether oxygens (including phenoxy) is 1. The summed E-state index contributed by atoms with van der Waals surface area (Å²) >= 11 is 7.91. The van der Waals surface area contributed by atoms with Crippen molar-refractivity contribution in [2.24, 2.45) is 0 Å². The molecule has 1 N–H and O–H groups in total. The molecule has 0 spiro atoms. The number of aromatic nitrogens is 3. The van der Waals surface area contributed by atoms with Crippen LogP contribution in [-0.4, -0.2) is 46.7 Å². The molecule has 1 aromatic heterocycles. The van der Waals surface area contributed by atoms with E-state index in [2.05, 4.69) is 27.0 Å². The number of thioether (sulfide) groups is 1. The quantitative estimate of drug-likeness (QED) is 0.383. The van der Waals surface area contributed by atoms with E-state index in [-0.39, 0.29) is 5.91 Å². The molecule has 154 valence electrons. The van der Waals surface area contributed by atoms with Crippen molar-refractivity contribution in [3.63, 3.8) is 0 Å². The maximum Gasteiger partial charge on any atom is 0.220 e. The number of methoxy groups -OCH3 is 1. The highest BCUT2D eigenvalue weighted by Crippen LogP contribution is 2.25. The Balaban J connectivity index is 1.98. The molecule has 28 heavy (non-hydrogen) atoms. The molecule has 6 nitrogen and oxygen atoms in total. The number of hydrogen-bond acceptors (Lipinski definition) is 5. The Morgan fingerprint density at radius 2 is 2.14 bits per heavy atom. The van der Waals surface area contributed by atoms with Gasteiger partial charge in [-0.2, -0.15) is 0 Å². The lowest BCUT2D eigenvalue weighted by Crippen LogP contribution is -2.26. The number of hydrogen-bond donors (Lipinski definition) is 1. The van der Waals surface area contributed by atoms with Gasteiger partial charge in [-0.1, -0.05) is 42.8 Å². The lowest BCUT2D eigenvalue weighted by atomic mass is 10.1. The minimum absolute atomic E-state index is 0.0594. The summed E-state index contributed by atoms with van der Waals surface area (Å²) in [5, 5.41) is 13.2. The third-order valence-corrected chi connectivity index (χ3v) is 5.43. The molecule has 0 saturated carbocycles. The summed E-state index contributed by atoms with van der Waals surface area (Å²) in [5.74, 6) is 1.97. The van der Waals surface area contributed by atoms with E-state index in [9.17, 15) is 4.79 Å². The van der Waals surface area contributed by atoms with E-state index in [0.717, 1.165) is 54.5 Å². The SMILES string of the molecule is CCCCSc1nnc(CCCCC(=O)NCCOC)n1-c1cccc(Cl)c1. The maximum atomic E-state index is 11.8. The molecule has 2 rings (SSSR count). The minimum Gasteiger partial charge on any atom is -0.383 e. The van der Waals surface area contributed by atoms with Crippen LogP contribution in [0.1, 0.15) is 44.9 Å². The summed E-state index contributed by atoms with van der Waals surface area (Å²) in [6, 6.07) is 7.75. The molecular weight excluding hydrogens is 396 g/mol. The average Bonchev–Trinajstić information content (AvgIpc) is 3.08. The van der Waals surface area contributed by atoms with Crippen LogP contribution < -0.4 is 5.32 Å². The van der Waals surface area contributed by atoms with E-state index in [1.54, 1.807) is 18.9 Å². The van der Waals surface area contributed by atoms with Gasteiger partial charge in [-0.05, 0) is 37.5 Å². The number of carbonyl (C=O) groups is 1. The number of unbranched alkanes of at least 4 members (excludes halogenated alkanes) is 2. The molecule has 8 heteroatoms. The number of carbonyl (C=O) groups excluding carboxylic acids is 1. The molecule has 1 amide bonds. The summed E-state index contributed by atoms with van der Waals surface area (Å²) in [5.41, 5.74) is 0.976. The van der Waals surface area contributed by atoms with E-state index < -0.39 is 0 Å². The Kier molecular flexibility index (Phi) is 10.4. The lowest BCUT2D eigenvalue weighted by Gasteiger charge is -2.10. The largest absolute Gasteiger partial charge is 0.383 e. The second-order valence-corrected chi connectivity index (χ2v) is 7.96.